The predicted octanol–water partition coefficient (Wildman–Crippen LogP) is 2.45. The molecule has 0 saturated heterocycles. The maximum atomic E-state index is 13.1. The summed E-state index contributed by atoms with van der Waals surface area (Å²) in [5, 5.41) is 0. The average molecular weight is 380 g/mol. The fourth-order valence-electron chi connectivity index (χ4n) is 3.54. The number of rotatable bonds is 5. The zero-order chi connectivity index (χ0) is 19.8. The molecule has 4 rings (SSSR count). The van der Waals surface area contributed by atoms with Gasteiger partial charge in [-0.15, -0.1) is 0 Å². The first-order valence-corrected chi connectivity index (χ1v) is 9.15. The van der Waals surface area contributed by atoms with E-state index in [0.717, 1.165) is 10.5 Å². The molecule has 1 atom stereocenters. The van der Waals surface area contributed by atoms with E-state index in [1.807, 2.05) is 25.1 Å². The lowest BCUT2D eigenvalue weighted by molar-refractivity contribution is -0.135. The SMILES string of the molecule is CCN(Cc1ccc2c(c1)OCO2)C(=O)C(C)N1C(=O)c2ccccc2C1=O. The maximum absolute atomic E-state index is 13.1. The zero-order valence-corrected chi connectivity index (χ0v) is 15.7. The minimum atomic E-state index is -0.888. The van der Waals surface area contributed by atoms with Gasteiger partial charge >= 0.3 is 0 Å². The Morgan fingerprint density at radius 1 is 1.07 bits per heavy atom. The van der Waals surface area contributed by atoms with Crippen LogP contribution in [0.5, 0.6) is 11.5 Å². The van der Waals surface area contributed by atoms with E-state index in [4.69, 9.17) is 9.47 Å². The van der Waals surface area contributed by atoms with Crippen molar-refractivity contribution in [3.05, 3.63) is 59.2 Å². The number of hydrogen-bond donors (Lipinski definition) is 0. The van der Waals surface area contributed by atoms with Crippen LogP contribution in [0.1, 0.15) is 40.1 Å². The van der Waals surface area contributed by atoms with Crippen molar-refractivity contribution in [2.24, 2.45) is 0 Å². The highest BCUT2D eigenvalue weighted by molar-refractivity contribution is 6.22. The molecule has 0 aliphatic carbocycles. The van der Waals surface area contributed by atoms with Crippen LogP contribution >= 0.6 is 0 Å². The highest BCUT2D eigenvalue weighted by atomic mass is 16.7. The Morgan fingerprint density at radius 2 is 1.71 bits per heavy atom. The van der Waals surface area contributed by atoms with E-state index in [2.05, 4.69) is 0 Å². The quantitative estimate of drug-likeness (QED) is 0.745. The van der Waals surface area contributed by atoms with Gasteiger partial charge in [0.1, 0.15) is 6.04 Å². The molecule has 28 heavy (non-hydrogen) atoms. The summed E-state index contributed by atoms with van der Waals surface area (Å²) >= 11 is 0. The second kappa shape index (κ2) is 6.99. The standard InChI is InChI=1S/C21H20N2O5/c1-3-22(11-14-8-9-17-18(10-14)28-12-27-17)19(24)13(2)23-20(25)15-6-4-5-7-16(15)21(23)26/h4-10,13H,3,11-12H2,1-2H3. The van der Waals surface area contributed by atoms with Gasteiger partial charge in [-0.3, -0.25) is 19.3 Å². The average Bonchev–Trinajstić information content (AvgIpc) is 3.28. The van der Waals surface area contributed by atoms with E-state index in [9.17, 15) is 14.4 Å². The summed E-state index contributed by atoms with van der Waals surface area (Å²) in [6, 6.07) is 11.3. The van der Waals surface area contributed by atoms with Gasteiger partial charge in [-0.25, -0.2) is 0 Å². The van der Waals surface area contributed by atoms with E-state index in [1.54, 1.807) is 36.1 Å². The molecule has 2 aromatic carbocycles. The normalized spacial score (nSPS) is 15.6. The highest BCUT2D eigenvalue weighted by Gasteiger charge is 2.41. The Morgan fingerprint density at radius 3 is 2.36 bits per heavy atom. The van der Waals surface area contributed by atoms with Gasteiger partial charge < -0.3 is 14.4 Å². The van der Waals surface area contributed by atoms with Crippen molar-refractivity contribution in [2.75, 3.05) is 13.3 Å². The molecule has 0 bridgehead atoms. The Kier molecular flexibility index (Phi) is 4.50. The first-order chi connectivity index (χ1) is 13.5. The molecule has 0 spiro atoms. The molecule has 2 heterocycles. The number of imide groups is 1. The summed E-state index contributed by atoms with van der Waals surface area (Å²) < 4.78 is 10.7. The van der Waals surface area contributed by atoms with E-state index < -0.39 is 17.9 Å². The largest absolute Gasteiger partial charge is 0.454 e. The van der Waals surface area contributed by atoms with Crippen LogP contribution in [0.25, 0.3) is 0 Å². The second-order valence-electron chi connectivity index (χ2n) is 6.74. The molecule has 0 saturated carbocycles. The Labute approximate surface area is 162 Å². The summed E-state index contributed by atoms with van der Waals surface area (Å²) in [5.74, 6) is 0.183. The molecular formula is C21H20N2O5. The van der Waals surface area contributed by atoms with Crippen molar-refractivity contribution in [1.29, 1.82) is 0 Å². The molecule has 0 N–H and O–H groups in total. The molecule has 1 unspecified atom stereocenters. The first kappa shape index (κ1) is 18.0. The van der Waals surface area contributed by atoms with E-state index in [-0.39, 0.29) is 12.7 Å². The summed E-state index contributed by atoms with van der Waals surface area (Å²) in [5.41, 5.74) is 1.56. The van der Waals surface area contributed by atoms with Crippen LogP contribution in [0.2, 0.25) is 0 Å². The molecule has 0 fully saturated rings. The number of ether oxygens (including phenoxy) is 2. The molecule has 2 aliphatic rings. The van der Waals surface area contributed by atoms with Crippen LogP contribution in [0.4, 0.5) is 0 Å². The topological polar surface area (TPSA) is 76.2 Å². The van der Waals surface area contributed by atoms with Crippen LogP contribution in [-0.4, -0.2) is 46.9 Å². The molecule has 144 valence electrons. The van der Waals surface area contributed by atoms with Crippen molar-refractivity contribution in [3.63, 3.8) is 0 Å². The van der Waals surface area contributed by atoms with Crippen LogP contribution in [0.3, 0.4) is 0 Å². The van der Waals surface area contributed by atoms with Crippen LogP contribution in [0, 0.1) is 0 Å². The third-order valence-electron chi connectivity index (χ3n) is 5.07. The lowest BCUT2D eigenvalue weighted by atomic mass is 10.1. The minimum absolute atomic E-state index is 0.186. The molecule has 3 amide bonds. The number of carbonyl (C=O) groups is 3. The van der Waals surface area contributed by atoms with Crippen molar-refractivity contribution in [3.8, 4) is 11.5 Å². The summed E-state index contributed by atoms with van der Waals surface area (Å²) in [7, 11) is 0. The van der Waals surface area contributed by atoms with E-state index in [1.165, 1.54) is 0 Å². The number of carbonyl (C=O) groups excluding carboxylic acids is 3. The molecule has 0 aromatic heterocycles. The molecular weight excluding hydrogens is 360 g/mol. The Balaban J connectivity index is 1.52. The van der Waals surface area contributed by atoms with Gasteiger partial charge in [0.05, 0.1) is 11.1 Å². The molecule has 7 heteroatoms. The van der Waals surface area contributed by atoms with Crippen molar-refractivity contribution in [1.82, 2.24) is 9.80 Å². The highest BCUT2D eigenvalue weighted by Crippen LogP contribution is 2.33. The van der Waals surface area contributed by atoms with Crippen molar-refractivity contribution in [2.45, 2.75) is 26.4 Å². The Bertz CT molecular complexity index is 936. The number of benzene rings is 2. The molecule has 0 radical (unpaired) electrons. The van der Waals surface area contributed by atoms with Gasteiger partial charge in [-0.05, 0) is 43.7 Å². The van der Waals surface area contributed by atoms with Gasteiger partial charge in [0.15, 0.2) is 11.5 Å². The third kappa shape index (κ3) is 2.89. The monoisotopic (exact) mass is 380 g/mol. The lowest BCUT2D eigenvalue weighted by Gasteiger charge is -2.28. The van der Waals surface area contributed by atoms with E-state index in [0.29, 0.717) is 35.7 Å². The summed E-state index contributed by atoms with van der Waals surface area (Å²) in [6.07, 6.45) is 0. The predicted molar refractivity (Wildman–Crippen MR) is 100 cm³/mol. The van der Waals surface area contributed by atoms with Gasteiger partial charge in [0.2, 0.25) is 12.7 Å². The zero-order valence-electron chi connectivity index (χ0n) is 15.7. The second-order valence-corrected chi connectivity index (χ2v) is 6.74. The number of fused-ring (bicyclic) bond motifs is 2. The lowest BCUT2D eigenvalue weighted by Crippen LogP contribution is -2.49. The smallest absolute Gasteiger partial charge is 0.262 e. The van der Waals surface area contributed by atoms with Gasteiger partial charge in [0.25, 0.3) is 11.8 Å². The van der Waals surface area contributed by atoms with Crippen molar-refractivity contribution >= 4 is 17.7 Å². The molecule has 2 aliphatic heterocycles. The first-order valence-electron chi connectivity index (χ1n) is 9.15. The van der Waals surface area contributed by atoms with Crippen molar-refractivity contribution < 1.29 is 23.9 Å². The summed E-state index contributed by atoms with van der Waals surface area (Å²) in [6.45, 7) is 4.43. The summed E-state index contributed by atoms with van der Waals surface area (Å²) in [4.78, 5) is 41.0. The molecule has 2 aromatic rings. The number of nitrogens with zero attached hydrogens (tertiary/aromatic N) is 2. The Hall–Kier alpha value is -3.35. The fourth-order valence-corrected chi connectivity index (χ4v) is 3.54. The van der Waals surface area contributed by atoms with Gasteiger partial charge in [0, 0.05) is 13.1 Å². The minimum Gasteiger partial charge on any atom is -0.454 e. The van der Waals surface area contributed by atoms with Crippen LogP contribution in [0.15, 0.2) is 42.5 Å². The van der Waals surface area contributed by atoms with E-state index >= 15 is 0 Å². The molecule has 7 nitrogen and oxygen atoms in total. The van der Waals surface area contributed by atoms with Gasteiger partial charge in [-0.1, -0.05) is 18.2 Å². The fraction of sp³-hybridized carbons (Fsp3) is 0.286. The van der Waals surface area contributed by atoms with Crippen LogP contribution in [-0.2, 0) is 11.3 Å². The van der Waals surface area contributed by atoms with Crippen LogP contribution < -0.4 is 9.47 Å². The van der Waals surface area contributed by atoms with Gasteiger partial charge in [-0.2, -0.15) is 0 Å². The maximum Gasteiger partial charge on any atom is 0.262 e. The number of hydrogen-bond acceptors (Lipinski definition) is 5. The third-order valence-corrected chi connectivity index (χ3v) is 5.07. The number of amides is 3. The number of likely N-dealkylation sites (N-methyl/N-ethyl adjacent to an activating group) is 1.